The fourth-order valence-electron chi connectivity index (χ4n) is 3.44. The van der Waals surface area contributed by atoms with E-state index in [0.717, 1.165) is 32.8 Å². The van der Waals surface area contributed by atoms with Gasteiger partial charge in [-0.3, -0.25) is 4.90 Å². The maximum atomic E-state index is 6.27. The quantitative estimate of drug-likeness (QED) is 0.925. The summed E-state index contributed by atoms with van der Waals surface area (Å²) in [5.74, 6) is 0.627. The van der Waals surface area contributed by atoms with Crippen molar-refractivity contribution in [2.75, 3.05) is 26.2 Å². The number of rotatable bonds is 3. The van der Waals surface area contributed by atoms with E-state index in [2.05, 4.69) is 61.3 Å². The van der Waals surface area contributed by atoms with Crippen LogP contribution >= 0.6 is 0 Å². The molecule has 3 unspecified atom stereocenters. The second-order valence-corrected chi connectivity index (χ2v) is 7.27. The highest BCUT2D eigenvalue weighted by Crippen LogP contribution is 2.34. The maximum absolute atomic E-state index is 6.27. The van der Waals surface area contributed by atoms with Crippen LogP contribution < -0.4 is 5.32 Å². The van der Waals surface area contributed by atoms with Crippen molar-refractivity contribution in [2.45, 2.75) is 39.5 Å². The van der Waals surface area contributed by atoms with Crippen LogP contribution in [0.2, 0.25) is 0 Å². The lowest BCUT2D eigenvalue weighted by atomic mass is 9.79. The first kappa shape index (κ1) is 15.0. The molecule has 21 heavy (non-hydrogen) atoms. The molecule has 0 amide bonds. The minimum absolute atomic E-state index is 0.235. The van der Waals surface area contributed by atoms with E-state index in [4.69, 9.17) is 4.74 Å². The number of ether oxygens (including phenoxy) is 1. The third kappa shape index (κ3) is 3.15. The highest BCUT2D eigenvalue weighted by Gasteiger charge is 2.42. The molecular formula is C18H28N2O. The van der Waals surface area contributed by atoms with Gasteiger partial charge in [-0.25, -0.2) is 0 Å². The monoisotopic (exact) mass is 288 g/mol. The molecule has 0 bridgehead atoms. The summed E-state index contributed by atoms with van der Waals surface area (Å²) in [6.07, 6.45) is 0.342. The van der Waals surface area contributed by atoms with Gasteiger partial charge in [0.2, 0.25) is 0 Å². The van der Waals surface area contributed by atoms with Gasteiger partial charge in [0.1, 0.15) is 0 Å². The maximum Gasteiger partial charge on any atom is 0.0867 e. The molecule has 2 saturated heterocycles. The molecule has 2 heterocycles. The molecule has 2 aliphatic rings. The van der Waals surface area contributed by atoms with Gasteiger partial charge in [0.05, 0.1) is 12.7 Å². The summed E-state index contributed by atoms with van der Waals surface area (Å²) in [7, 11) is 0. The molecule has 2 aliphatic heterocycles. The Hall–Kier alpha value is -0.900. The van der Waals surface area contributed by atoms with E-state index in [1.807, 2.05) is 0 Å². The van der Waals surface area contributed by atoms with Gasteiger partial charge < -0.3 is 10.1 Å². The highest BCUT2D eigenvalue weighted by molar-refractivity contribution is 5.15. The van der Waals surface area contributed by atoms with Crippen molar-refractivity contribution in [3.05, 3.63) is 35.9 Å². The molecule has 1 N–H and O–H groups in total. The number of hydrogen-bond donors (Lipinski definition) is 1. The zero-order valence-electron chi connectivity index (χ0n) is 13.5. The van der Waals surface area contributed by atoms with Gasteiger partial charge in [0, 0.05) is 37.6 Å². The second-order valence-electron chi connectivity index (χ2n) is 7.27. The van der Waals surface area contributed by atoms with Crippen molar-refractivity contribution < 1.29 is 4.74 Å². The Morgan fingerprint density at radius 3 is 2.76 bits per heavy atom. The fourth-order valence-corrected chi connectivity index (χ4v) is 3.44. The average molecular weight is 288 g/mol. The third-order valence-electron chi connectivity index (χ3n) is 5.41. The summed E-state index contributed by atoms with van der Waals surface area (Å²) in [5.41, 5.74) is 1.63. The van der Waals surface area contributed by atoms with Crippen LogP contribution in [0.25, 0.3) is 0 Å². The normalized spacial score (nSPS) is 33.9. The van der Waals surface area contributed by atoms with Crippen LogP contribution in [0.5, 0.6) is 0 Å². The topological polar surface area (TPSA) is 24.5 Å². The van der Waals surface area contributed by atoms with E-state index in [1.54, 1.807) is 0 Å². The van der Waals surface area contributed by atoms with Crippen molar-refractivity contribution in [3.8, 4) is 0 Å². The smallest absolute Gasteiger partial charge is 0.0867 e. The summed E-state index contributed by atoms with van der Waals surface area (Å²) in [4.78, 5) is 2.65. The standard InChI is InChI=1S/C18H28N2O/c1-14(2)18(3)12-20(11-15-7-5-4-6-8-15)16-9-19-10-17(16)21-13-18/h4-8,14,16-17,19H,9-13H2,1-3H3. The first-order valence-electron chi connectivity index (χ1n) is 8.19. The van der Waals surface area contributed by atoms with E-state index >= 15 is 0 Å². The Kier molecular flexibility index (Phi) is 4.34. The lowest BCUT2D eigenvalue weighted by Crippen LogP contribution is -2.46. The minimum Gasteiger partial charge on any atom is -0.375 e. The van der Waals surface area contributed by atoms with Crippen LogP contribution in [-0.4, -0.2) is 43.3 Å². The van der Waals surface area contributed by atoms with Crippen molar-refractivity contribution in [2.24, 2.45) is 11.3 Å². The summed E-state index contributed by atoms with van der Waals surface area (Å²) in [6, 6.07) is 11.3. The summed E-state index contributed by atoms with van der Waals surface area (Å²) < 4.78 is 6.27. The number of fused-ring (bicyclic) bond motifs is 1. The van der Waals surface area contributed by atoms with E-state index in [1.165, 1.54) is 5.56 Å². The van der Waals surface area contributed by atoms with Crippen molar-refractivity contribution in [1.29, 1.82) is 0 Å². The van der Waals surface area contributed by atoms with Gasteiger partial charge in [-0.1, -0.05) is 51.1 Å². The highest BCUT2D eigenvalue weighted by atomic mass is 16.5. The number of nitrogens with one attached hydrogen (secondary N) is 1. The van der Waals surface area contributed by atoms with Gasteiger partial charge in [0.25, 0.3) is 0 Å². The van der Waals surface area contributed by atoms with Gasteiger partial charge in [-0.15, -0.1) is 0 Å². The van der Waals surface area contributed by atoms with Crippen molar-refractivity contribution >= 4 is 0 Å². The first-order chi connectivity index (χ1) is 10.1. The SMILES string of the molecule is CC(C)C1(C)COC2CNCC2N(Cc2ccccc2)C1. The van der Waals surface area contributed by atoms with Crippen LogP contribution in [0.15, 0.2) is 30.3 Å². The largest absolute Gasteiger partial charge is 0.375 e. The van der Waals surface area contributed by atoms with Crippen LogP contribution in [0, 0.1) is 11.3 Å². The Balaban J connectivity index is 1.82. The van der Waals surface area contributed by atoms with Gasteiger partial charge in [-0.05, 0) is 11.5 Å². The van der Waals surface area contributed by atoms with Crippen LogP contribution in [0.4, 0.5) is 0 Å². The lowest BCUT2D eigenvalue weighted by Gasteiger charge is -2.37. The summed E-state index contributed by atoms with van der Waals surface area (Å²) >= 11 is 0. The van der Waals surface area contributed by atoms with Crippen molar-refractivity contribution in [1.82, 2.24) is 10.2 Å². The fraction of sp³-hybridized carbons (Fsp3) is 0.667. The molecule has 3 atom stereocenters. The molecule has 3 rings (SSSR count). The number of nitrogens with zero attached hydrogens (tertiary/aromatic N) is 1. The van der Waals surface area contributed by atoms with Crippen LogP contribution in [0.3, 0.4) is 0 Å². The average Bonchev–Trinajstić information content (AvgIpc) is 2.89. The molecular weight excluding hydrogens is 260 g/mol. The summed E-state index contributed by atoms with van der Waals surface area (Å²) in [5, 5.41) is 3.50. The zero-order valence-corrected chi connectivity index (χ0v) is 13.5. The minimum atomic E-state index is 0.235. The molecule has 0 aromatic heterocycles. The molecule has 2 fully saturated rings. The van der Waals surface area contributed by atoms with E-state index in [9.17, 15) is 0 Å². The van der Waals surface area contributed by atoms with E-state index in [-0.39, 0.29) is 5.41 Å². The molecule has 3 nitrogen and oxygen atoms in total. The predicted molar refractivity (Wildman–Crippen MR) is 86.2 cm³/mol. The van der Waals surface area contributed by atoms with E-state index < -0.39 is 0 Å². The summed E-state index contributed by atoms with van der Waals surface area (Å²) in [6.45, 7) is 12.1. The van der Waals surface area contributed by atoms with Crippen LogP contribution in [-0.2, 0) is 11.3 Å². The molecule has 0 spiro atoms. The molecule has 0 radical (unpaired) electrons. The van der Waals surface area contributed by atoms with Crippen molar-refractivity contribution in [3.63, 3.8) is 0 Å². The Bertz CT molecular complexity index is 462. The molecule has 0 saturated carbocycles. The Labute approximate surface area is 128 Å². The third-order valence-corrected chi connectivity index (χ3v) is 5.41. The van der Waals surface area contributed by atoms with Gasteiger partial charge >= 0.3 is 0 Å². The lowest BCUT2D eigenvalue weighted by molar-refractivity contribution is 0.00480. The Morgan fingerprint density at radius 1 is 1.29 bits per heavy atom. The van der Waals surface area contributed by atoms with Crippen LogP contribution in [0.1, 0.15) is 26.3 Å². The van der Waals surface area contributed by atoms with Gasteiger partial charge in [0.15, 0.2) is 0 Å². The number of hydrogen-bond acceptors (Lipinski definition) is 3. The zero-order chi connectivity index (χ0) is 14.9. The Morgan fingerprint density at radius 2 is 2.05 bits per heavy atom. The molecule has 1 aromatic rings. The second kappa shape index (κ2) is 6.07. The predicted octanol–water partition coefficient (Wildman–Crippen LogP) is 2.52. The molecule has 1 aromatic carbocycles. The van der Waals surface area contributed by atoms with E-state index in [0.29, 0.717) is 18.1 Å². The number of benzene rings is 1. The molecule has 116 valence electrons. The first-order valence-corrected chi connectivity index (χ1v) is 8.19. The molecule has 3 heteroatoms. The molecule has 0 aliphatic carbocycles. The van der Waals surface area contributed by atoms with Gasteiger partial charge in [-0.2, -0.15) is 0 Å².